The Labute approximate surface area is 282 Å². The standard InChI is InChI=1S/C37H46FN5O3S/c1-8-29(38)31(40-35(44)33-22-27-13-11-12-14-32(27)47-33)21-24(4)25(5)23-42(7)36(45)30(9-2)39-28-17-15-26(16-18-28)34-37(46)43(10-3)20-19-41(34)6/h8-9,15-18,21-23,34,39H,4,10-14,19-20H2,1-3,5-7H3,(H,40,44)/b25-23+,29-8+,30-9-,31-21+. The van der Waals surface area contributed by atoms with Crippen LogP contribution in [-0.4, -0.2) is 66.2 Å². The van der Waals surface area contributed by atoms with Crippen LogP contribution in [0.2, 0.25) is 0 Å². The molecular weight excluding hydrogens is 614 g/mol. The molecule has 2 aliphatic rings. The Hall–Kier alpha value is -4.28. The molecule has 250 valence electrons. The van der Waals surface area contributed by atoms with Gasteiger partial charge in [-0.1, -0.05) is 24.8 Å². The minimum Gasteiger partial charge on any atom is -0.351 e. The summed E-state index contributed by atoms with van der Waals surface area (Å²) in [5, 5.41) is 5.91. The number of thiophene rings is 1. The number of likely N-dealkylation sites (N-methyl/N-ethyl adjacent to an activating group) is 3. The first-order valence-corrected chi connectivity index (χ1v) is 16.9. The van der Waals surface area contributed by atoms with E-state index in [1.54, 1.807) is 40.1 Å². The smallest absolute Gasteiger partial charge is 0.273 e. The third-order valence-electron chi connectivity index (χ3n) is 8.63. The maximum atomic E-state index is 14.9. The lowest BCUT2D eigenvalue weighted by Crippen LogP contribution is -2.50. The van der Waals surface area contributed by atoms with Gasteiger partial charge in [0.1, 0.15) is 17.6 Å². The number of nitrogens with zero attached hydrogens (tertiary/aromatic N) is 3. The molecule has 0 saturated carbocycles. The van der Waals surface area contributed by atoms with Crippen molar-refractivity contribution in [2.45, 2.75) is 59.4 Å². The molecule has 8 nitrogen and oxygen atoms in total. The van der Waals surface area contributed by atoms with E-state index in [0.717, 1.165) is 44.3 Å². The summed E-state index contributed by atoms with van der Waals surface area (Å²) < 4.78 is 14.9. The van der Waals surface area contributed by atoms with E-state index in [1.807, 2.05) is 49.2 Å². The third-order valence-corrected chi connectivity index (χ3v) is 9.86. The monoisotopic (exact) mass is 659 g/mol. The van der Waals surface area contributed by atoms with Crippen LogP contribution >= 0.6 is 11.3 Å². The summed E-state index contributed by atoms with van der Waals surface area (Å²) in [4.78, 5) is 46.6. The minimum absolute atomic E-state index is 0.0124. The van der Waals surface area contributed by atoms with Crippen LogP contribution in [0.5, 0.6) is 0 Å². The molecule has 2 N–H and O–H groups in total. The van der Waals surface area contributed by atoms with Crippen LogP contribution in [0.3, 0.4) is 0 Å². The van der Waals surface area contributed by atoms with Gasteiger partial charge in [-0.2, -0.15) is 0 Å². The van der Waals surface area contributed by atoms with Crippen molar-refractivity contribution in [1.82, 2.24) is 20.0 Å². The molecule has 4 rings (SSSR count). The van der Waals surface area contributed by atoms with Crippen LogP contribution in [0, 0.1) is 0 Å². The molecule has 0 spiro atoms. The normalized spacial score (nSPS) is 18.1. The van der Waals surface area contributed by atoms with Crippen molar-refractivity contribution < 1.29 is 18.8 Å². The van der Waals surface area contributed by atoms with Gasteiger partial charge in [-0.25, -0.2) is 4.39 Å². The Morgan fingerprint density at radius 2 is 1.81 bits per heavy atom. The number of rotatable bonds is 11. The van der Waals surface area contributed by atoms with E-state index in [0.29, 0.717) is 34.0 Å². The summed E-state index contributed by atoms with van der Waals surface area (Å²) >= 11 is 1.47. The van der Waals surface area contributed by atoms with Crippen molar-refractivity contribution in [3.05, 3.63) is 111 Å². The molecule has 3 amide bonds. The minimum atomic E-state index is -0.577. The topological polar surface area (TPSA) is 85.0 Å². The highest BCUT2D eigenvalue weighted by atomic mass is 32.1. The molecule has 1 aromatic carbocycles. The molecule has 0 bridgehead atoms. The van der Waals surface area contributed by atoms with Crippen molar-refractivity contribution in [3.8, 4) is 0 Å². The van der Waals surface area contributed by atoms with Crippen molar-refractivity contribution in [2.75, 3.05) is 39.0 Å². The van der Waals surface area contributed by atoms with E-state index in [2.05, 4.69) is 22.1 Å². The maximum absolute atomic E-state index is 14.9. The van der Waals surface area contributed by atoms with Crippen LogP contribution in [0.25, 0.3) is 0 Å². The average molecular weight is 660 g/mol. The van der Waals surface area contributed by atoms with Crippen LogP contribution in [0.1, 0.15) is 72.3 Å². The molecule has 1 fully saturated rings. The van der Waals surface area contributed by atoms with Gasteiger partial charge in [0.2, 0.25) is 5.91 Å². The highest BCUT2D eigenvalue weighted by molar-refractivity contribution is 7.14. The maximum Gasteiger partial charge on any atom is 0.273 e. The van der Waals surface area contributed by atoms with Gasteiger partial charge < -0.3 is 20.4 Å². The average Bonchev–Trinajstić information content (AvgIpc) is 3.51. The number of benzene rings is 1. The predicted molar refractivity (Wildman–Crippen MR) is 188 cm³/mol. The van der Waals surface area contributed by atoms with Crippen molar-refractivity contribution >= 4 is 34.7 Å². The number of hydrogen-bond acceptors (Lipinski definition) is 6. The summed E-state index contributed by atoms with van der Waals surface area (Å²) in [5.74, 6) is -1.13. The van der Waals surface area contributed by atoms with E-state index in [1.165, 1.54) is 38.8 Å². The van der Waals surface area contributed by atoms with Gasteiger partial charge in [-0.05, 0) is 113 Å². The van der Waals surface area contributed by atoms with Crippen molar-refractivity contribution in [2.24, 2.45) is 0 Å². The molecule has 2 heterocycles. The highest BCUT2D eigenvalue weighted by Gasteiger charge is 2.33. The van der Waals surface area contributed by atoms with Gasteiger partial charge in [0.25, 0.3) is 11.8 Å². The lowest BCUT2D eigenvalue weighted by Gasteiger charge is -2.38. The third kappa shape index (κ3) is 8.55. The number of hydrogen-bond donors (Lipinski definition) is 2. The zero-order valence-corrected chi connectivity index (χ0v) is 29.1. The zero-order valence-electron chi connectivity index (χ0n) is 28.3. The lowest BCUT2D eigenvalue weighted by atomic mass is 9.99. The van der Waals surface area contributed by atoms with E-state index in [4.69, 9.17) is 0 Å². The molecule has 1 aromatic heterocycles. The zero-order chi connectivity index (χ0) is 34.2. The Morgan fingerprint density at radius 3 is 2.45 bits per heavy atom. The molecule has 1 aliphatic heterocycles. The highest BCUT2D eigenvalue weighted by Crippen LogP contribution is 2.30. The van der Waals surface area contributed by atoms with E-state index >= 15 is 0 Å². The second kappa shape index (κ2) is 16.0. The Bertz CT molecular complexity index is 1610. The number of allylic oxidation sites excluding steroid dienone is 6. The van der Waals surface area contributed by atoms with Gasteiger partial charge in [0.05, 0.1) is 10.6 Å². The summed E-state index contributed by atoms with van der Waals surface area (Å²) in [6, 6.07) is 9.13. The van der Waals surface area contributed by atoms with Crippen LogP contribution < -0.4 is 10.6 Å². The van der Waals surface area contributed by atoms with Gasteiger partial charge in [-0.3, -0.25) is 19.3 Å². The second-order valence-electron chi connectivity index (χ2n) is 11.9. The first kappa shape index (κ1) is 35.6. The number of aryl methyl sites for hydroxylation is 2. The lowest BCUT2D eigenvalue weighted by molar-refractivity contribution is -0.140. The predicted octanol–water partition coefficient (Wildman–Crippen LogP) is 6.88. The fraction of sp³-hybridized carbons (Fsp3) is 0.378. The number of carbonyl (C=O) groups is 3. The Kier molecular flexibility index (Phi) is 12.1. The number of fused-ring (bicyclic) bond motifs is 1. The number of carbonyl (C=O) groups excluding carboxylic acids is 3. The Morgan fingerprint density at radius 1 is 1.11 bits per heavy atom. The fourth-order valence-electron chi connectivity index (χ4n) is 5.76. The Balaban J connectivity index is 1.42. The summed E-state index contributed by atoms with van der Waals surface area (Å²) in [5.41, 5.74) is 4.25. The first-order chi connectivity index (χ1) is 22.5. The number of anilines is 1. The summed E-state index contributed by atoms with van der Waals surface area (Å²) in [7, 11) is 3.59. The molecule has 10 heteroatoms. The van der Waals surface area contributed by atoms with Gasteiger partial charge >= 0.3 is 0 Å². The number of halogens is 1. The molecule has 1 atom stereocenters. The SMILES string of the molecule is C=C(/C=C(NC(=O)c1cc2c(s1)CCCC2)\C(F)=C/C)/C(C)=C/N(C)C(=O)/C(=C/C)Nc1ccc(C2C(=O)N(CC)CCN2C)cc1. The largest absolute Gasteiger partial charge is 0.351 e. The molecule has 1 saturated heterocycles. The van der Waals surface area contributed by atoms with Gasteiger partial charge in [0, 0.05) is 43.4 Å². The van der Waals surface area contributed by atoms with E-state index < -0.39 is 5.83 Å². The second-order valence-corrected chi connectivity index (χ2v) is 13.1. The summed E-state index contributed by atoms with van der Waals surface area (Å²) in [6.07, 6.45) is 10.3. The fourth-order valence-corrected chi connectivity index (χ4v) is 6.91. The molecule has 1 aliphatic carbocycles. The van der Waals surface area contributed by atoms with Crippen LogP contribution in [0.4, 0.5) is 10.1 Å². The van der Waals surface area contributed by atoms with E-state index in [-0.39, 0.29) is 29.5 Å². The first-order valence-electron chi connectivity index (χ1n) is 16.1. The number of nitrogens with one attached hydrogen (secondary N) is 2. The van der Waals surface area contributed by atoms with Crippen LogP contribution in [-0.2, 0) is 22.4 Å². The quantitative estimate of drug-likeness (QED) is 0.203. The number of amides is 3. The van der Waals surface area contributed by atoms with Crippen molar-refractivity contribution in [1.29, 1.82) is 0 Å². The molecule has 2 aromatic rings. The molecule has 1 unspecified atom stereocenters. The van der Waals surface area contributed by atoms with Gasteiger partial charge in [0.15, 0.2) is 0 Å². The van der Waals surface area contributed by atoms with Gasteiger partial charge in [-0.15, -0.1) is 11.3 Å². The molecule has 0 radical (unpaired) electrons. The van der Waals surface area contributed by atoms with E-state index in [9.17, 15) is 18.8 Å². The summed E-state index contributed by atoms with van der Waals surface area (Å²) in [6.45, 7) is 13.4. The van der Waals surface area contributed by atoms with Crippen LogP contribution in [0.15, 0.2) is 89.7 Å². The van der Waals surface area contributed by atoms with Crippen molar-refractivity contribution in [3.63, 3.8) is 0 Å². The molecular formula is C37H46FN5O3S. The number of piperazine rings is 1. The molecule has 47 heavy (non-hydrogen) atoms.